The predicted octanol–water partition coefficient (Wildman–Crippen LogP) is -0.634. The summed E-state index contributed by atoms with van der Waals surface area (Å²) in [6.45, 7) is 2.49. The Morgan fingerprint density at radius 3 is 2.62 bits per heavy atom. The van der Waals surface area contributed by atoms with Crippen LogP contribution in [0.25, 0.3) is 0 Å². The van der Waals surface area contributed by atoms with Gasteiger partial charge in [0.2, 0.25) is 11.8 Å². The van der Waals surface area contributed by atoms with Crippen molar-refractivity contribution in [2.24, 2.45) is 11.7 Å². The molecule has 3 atom stereocenters. The van der Waals surface area contributed by atoms with Crippen LogP contribution in [0.1, 0.15) is 24.0 Å². The molecule has 1 aliphatic carbocycles. The standard InChI is InChI=1S/C21H27Cl2N5O4/c1-11-3-4-13(17(24)19(25)30)14(7-11)26-10-16(29)28-6-5-15(32-2)18(28)20(31)27-9-12-8-21(12,22)23/h3-4,7,12,15,18,24,26H,5-6,8-10H2,1-2H3,(H2,25,30)(H,27,31)/p+1/t12-,15-,18+/m1/s1. The number of nitrogens with two attached hydrogens (primary N) is 2. The molecular formula is C21H28Cl2N5O4+. The quantitative estimate of drug-likeness (QED) is 0.272. The van der Waals surface area contributed by atoms with Gasteiger partial charge in [-0.05, 0) is 37.5 Å². The lowest BCUT2D eigenvalue weighted by Gasteiger charge is -2.27. The second kappa shape index (κ2) is 9.64. The van der Waals surface area contributed by atoms with E-state index in [-0.39, 0.29) is 30.0 Å². The van der Waals surface area contributed by atoms with Gasteiger partial charge in [-0.15, -0.1) is 23.2 Å². The van der Waals surface area contributed by atoms with Gasteiger partial charge in [0.15, 0.2) is 0 Å². The van der Waals surface area contributed by atoms with Crippen LogP contribution in [-0.4, -0.2) is 71.6 Å². The number of hydrogen-bond donors (Lipinski definition) is 4. The maximum absolute atomic E-state index is 13.0. The van der Waals surface area contributed by atoms with Crippen LogP contribution in [0, 0.1) is 12.8 Å². The Balaban J connectivity index is 1.67. The lowest BCUT2D eigenvalue weighted by molar-refractivity contribution is -0.139. The lowest BCUT2D eigenvalue weighted by atomic mass is 10.0. The zero-order valence-corrected chi connectivity index (χ0v) is 19.5. The van der Waals surface area contributed by atoms with E-state index < -0.39 is 22.4 Å². The third-order valence-corrected chi connectivity index (χ3v) is 6.80. The van der Waals surface area contributed by atoms with Crippen LogP contribution in [0.5, 0.6) is 0 Å². The summed E-state index contributed by atoms with van der Waals surface area (Å²) in [4.78, 5) is 38.9. The molecule has 1 saturated carbocycles. The highest BCUT2D eigenvalue weighted by Gasteiger charge is 2.52. The van der Waals surface area contributed by atoms with Gasteiger partial charge in [0, 0.05) is 31.8 Å². The number of carbonyl (C=O) groups is 3. The minimum absolute atomic E-state index is 0.00490. The van der Waals surface area contributed by atoms with Crippen LogP contribution in [0.15, 0.2) is 18.2 Å². The Morgan fingerprint density at radius 1 is 1.34 bits per heavy atom. The van der Waals surface area contributed by atoms with E-state index in [1.54, 1.807) is 18.2 Å². The Labute approximate surface area is 196 Å². The average molecular weight is 485 g/mol. The average Bonchev–Trinajstić information content (AvgIpc) is 3.15. The monoisotopic (exact) mass is 484 g/mol. The molecule has 3 rings (SSSR count). The summed E-state index contributed by atoms with van der Waals surface area (Å²) < 4.78 is 4.65. The van der Waals surface area contributed by atoms with Crippen molar-refractivity contribution < 1.29 is 24.5 Å². The molecule has 6 N–H and O–H groups in total. The minimum atomic E-state index is -0.793. The van der Waals surface area contributed by atoms with Crippen molar-refractivity contribution in [3.05, 3.63) is 29.3 Å². The summed E-state index contributed by atoms with van der Waals surface area (Å²) in [6, 6.07) is 4.47. The second-order valence-electron chi connectivity index (χ2n) is 8.18. The van der Waals surface area contributed by atoms with Gasteiger partial charge in [0.1, 0.15) is 10.4 Å². The molecule has 174 valence electrons. The van der Waals surface area contributed by atoms with Crippen LogP contribution < -0.4 is 21.8 Å². The highest BCUT2D eigenvalue weighted by molar-refractivity contribution is 6.50. The summed E-state index contributed by atoms with van der Waals surface area (Å²) in [7, 11) is 1.52. The van der Waals surface area contributed by atoms with E-state index in [2.05, 4.69) is 10.6 Å². The summed E-state index contributed by atoms with van der Waals surface area (Å²) in [5.74, 6) is -1.35. The van der Waals surface area contributed by atoms with E-state index in [1.807, 2.05) is 6.92 Å². The number of carbonyl (C=O) groups excluding carboxylic acids is 3. The Hall–Kier alpha value is -2.36. The summed E-state index contributed by atoms with van der Waals surface area (Å²) >= 11 is 12.1. The van der Waals surface area contributed by atoms with Gasteiger partial charge in [0.05, 0.1) is 18.2 Å². The molecule has 0 bridgehead atoms. The zero-order chi connectivity index (χ0) is 23.6. The number of rotatable bonds is 9. The van der Waals surface area contributed by atoms with Crippen molar-refractivity contribution in [3.63, 3.8) is 0 Å². The van der Waals surface area contributed by atoms with Crippen molar-refractivity contribution in [2.75, 3.05) is 32.1 Å². The number of likely N-dealkylation sites (tertiary alicyclic amines) is 1. The maximum Gasteiger partial charge on any atom is 0.313 e. The third-order valence-electron chi connectivity index (χ3n) is 5.87. The minimum Gasteiger partial charge on any atom is -0.379 e. The molecule has 0 spiro atoms. The molecular weight excluding hydrogens is 457 g/mol. The number of nitrogens with zero attached hydrogens (tertiary/aromatic N) is 1. The number of alkyl halides is 2. The number of methoxy groups -OCH3 is 1. The molecule has 2 fully saturated rings. The van der Waals surface area contributed by atoms with E-state index in [9.17, 15) is 14.4 Å². The first kappa shape index (κ1) is 24.3. The van der Waals surface area contributed by atoms with Crippen LogP contribution in [0.4, 0.5) is 5.69 Å². The molecule has 9 nitrogen and oxygen atoms in total. The van der Waals surface area contributed by atoms with E-state index >= 15 is 0 Å². The number of amides is 3. The number of primary amides is 1. The second-order valence-corrected chi connectivity index (χ2v) is 9.72. The molecule has 0 unspecified atom stereocenters. The van der Waals surface area contributed by atoms with E-state index in [0.717, 1.165) is 5.56 Å². The Bertz CT molecular complexity index is 939. The number of ether oxygens (including phenoxy) is 1. The Morgan fingerprint density at radius 2 is 2.03 bits per heavy atom. The molecule has 1 aliphatic heterocycles. The summed E-state index contributed by atoms with van der Waals surface area (Å²) in [5, 5.41) is 11.7. The lowest BCUT2D eigenvalue weighted by Crippen LogP contribution is -2.52. The fourth-order valence-electron chi connectivity index (χ4n) is 3.86. The SMILES string of the molecule is CO[C@@H]1CCN(C(=O)CNc2cc(C)ccc2C(=[NH2+])C(N)=O)[C@@H]1C(=O)NC[C@H]1CC1(Cl)Cl. The number of halogens is 2. The predicted molar refractivity (Wildman–Crippen MR) is 121 cm³/mol. The van der Waals surface area contributed by atoms with Crippen molar-refractivity contribution >= 4 is 52.3 Å². The van der Waals surface area contributed by atoms with Gasteiger partial charge < -0.3 is 26.0 Å². The highest BCUT2D eigenvalue weighted by Crippen LogP contribution is 2.52. The van der Waals surface area contributed by atoms with Crippen molar-refractivity contribution in [1.29, 1.82) is 0 Å². The van der Waals surface area contributed by atoms with Crippen LogP contribution in [0.3, 0.4) is 0 Å². The smallest absolute Gasteiger partial charge is 0.313 e. The molecule has 0 radical (unpaired) electrons. The normalized spacial score (nSPS) is 23.5. The van der Waals surface area contributed by atoms with Crippen molar-refractivity contribution in [3.8, 4) is 0 Å². The molecule has 2 aliphatic rings. The van der Waals surface area contributed by atoms with Crippen molar-refractivity contribution in [2.45, 2.75) is 36.2 Å². The van der Waals surface area contributed by atoms with Gasteiger partial charge >= 0.3 is 5.91 Å². The molecule has 1 saturated heterocycles. The van der Waals surface area contributed by atoms with E-state index in [0.29, 0.717) is 37.2 Å². The van der Waals surface area contributed by atoms with Gasteiger partial charge in [-0.2, -0.15) is 0 Å². The molecule has 32 heavy (non-hydrogen) atoms. The molecule has 1 aromatic rings. The molecule has 3 amide bonds. The number of anilines is 1. The van der Waals surface area contributed by atoms with Gasteiger partial charge in [-0.1, -0.05) is 6.07 Å². The zero-order valence-electron chi connectivity index (χ0n) is 18.0. The first-order valence-corrected chi connectivity index (χ1v) is 11.1. The number of nitrogens with one attached hydrogen (secondary N) is 2. The number of benzene rings is 1. The third kappa shape index (κ3) is 5.33. The van der Waals surface area contributed by atoms with Gasteiger partial charge in [0.25, 0.3) is 5.71 Å². The summed E-state index contributed by atoms with van der Waals surface area (Å²) in [6.07, 6.45) is 0.742. The Kier molecular flexibility index (Phi) is 7.32. The first-order chi connectivity index (χ1) is 15.0. The molecule has 0 aromatic heterocycles. The largest absolute Gasteiger partial charge is 0.379 e. The van der Waals surface area contributed by atoms with Gasteiger partial charge in [-0.3, -0.25) is 14.4 Å². The molecule has 1 heterocycles. The number of aryl methyl sites for hydroxylation is 1. The fourth-order valence-corrected chi connectivity index (χ4v) is 4.39. The van der Waals surface area contributed by atoms with Crippen LogP contribution >= 0.6 is 23.2 Å². The maximum atomic E-state index is 13.0. The van der Waals surface area contributed by atoms with E-state index in [4.69, 9.17) is 39.1 Å². The first-order valence-electron chi connectivity index (χ1n) is 10.3. The van der Waals surface area contributed by atoms with Crippen molar-refractivity contribution in [1.82, 2.24) is 10.2 Å². The molecule has 11 heteroatoms. The molecule has 1 aromatic carbocycles. The van der Waals surface area contributed by atoms with Crippen LogP contribution in [-0.2, 0) is 19.1 Å². The fraction of sp³-hybridized carbons (Fsp3) is 0.524. The van der Waals surface area contributed by atoms with Gasteiger partial charge in [-0.25, -0.2) is 5.41 Å². The summed E-state index contributed by atoms with van der Waals surface area (Å²) in [5.41, 5.74) is 7.03. The number of hydrogen-bond acceptors (Lipinski definition) is 5. The van der Waals surface area contributed by atoms with Crippen LogP contribution in [0.2, 0.25) is 0 Å². The highest BCUT2D eigenvalue weighted by atomic mass is 35.5. The topological polar surface area (TPSA) is 139 Å². The van der Waals surface area contributed by atoms with E-state index in [1.165, 1.54) is 12.0 Å².